The largest absolute Gasteiger partial charge is 0.497 e. The normalized spacial score (nSPS) is 11.4. The highest BCUT2D eigenvalue weighted by atomic mass is 32.1. The summed E-state index contributed by atoms with van der Waals surface area (Å²) >= 11 is 1.41. The molecule has 0 saturated heterocycles. The van der Waals surface area contributed by atoms with Crippen molar-refractivity contribution < 1.29 is 13.9 Å². The summed E-state index contributed by atoms with van der Waals surface area (Å²) in [5.74, 6) is 0.443. The summed E-state index contributed by atoms with van der Waals surface area (Å²) in [6.07, 6.45) is 3.99. The fraction of sp³-hybridized carbons (Fsp3) is 0.0435. The van der Waals surface area contributed by atoms with E-state index in [4.69, 9.17) is 9.15 Å². The number of aromatic nitrogens is 3. The van der Waals surface area contributed by atoms with Crippen molar-refractivity contribution in [3.8, 4) is 17.0 Å². The number of hydrogen-bond donors (Lipinski definition) is 1. The molecule has 0 fully saturated rings. The molecule has 32 heavy (non-hydrogen) atoms. The van der Waals surface area contributed by atoms with Gasteiger partial charge in [0.15, 0.2) is 5.43 Å². The van der Waals surface area contributed by atoms with Crippen molar-refractivity contribution in [2.24, 2.45) is 0 Å². The molecule has 8 nitrogen and oxygen atoms in total. The number of hydrogen-bond acceptors (Lipinski definition) is 7. The second-order valence-electron chi connectivity index (χ2n) is 6.82. The number of carbonyl (C=O) groups excluding carboxylic acids is 1. The van der Waals surface area contributed by atoms with Gasteiger partial charge in [0.05, 0.1) is 23.8 Å². The summed E-state index contributed by atoms with van der Waals surface area (Å²) in [5.41, 5.74) is 2.31. The van der Waals surface area contributed by atoms with E-state index in [0.717, 1.165) is 17.0 Å². The van der Waals surface area contributed by atoms with E-state index in [1.165, 1.54) is 29.8 Å². The van der Waals surface area contributed by atoms with Crippen LogP contribution in [-0.4, -0.2) is 27.6 Å². The molecule has 0 unspecified atom stereocenters. The third kappa shape index (κ3) is 3.65. The fourth-order valence-corrected chi connectivity index (χ4v) is 4.07. The van der Waals surface area contributed by atoms with Crippen LogP contribution >= 0.6 is 11.3 Å². The molecule has 3 heterocycles. The van der Waals surface area contributed by atoms with Crippen LogP contribution in [0, 0.1) is 0 Å². The molecule has 0 radical (unpaired) electrons. The van der Waals surface area contributed by atoms with Crippen molar-refractivity contribution >= 4 is 45.2 Å². The quantitative estimate of drug-likeness (QED) is 0.408. The number of fused-ring (bicyclic) bond motifs is 2. The van der Waals surface area contributed by atoms with E-state index in [2.05, 4.69) is 15.4 Å². The van der Waals surface area contributed by atoms with Crippen LogP contribution in [0.25, 0.3) is 33.3 Å². The Hall–Kier alpha value is -4.24. The van der Waals surface area contributed by atoms with Gasteiger partial charge in [-0.3, -0.25) is 14.9 Å². The Morgan fingerprint density at radius 3 is 2.97 bits per heavy atom. The van der Waals surface area contributed by atoms with E-state index < -0.39 is 5.91 Å². The third-order valence-corrected chi connectivity index (χ3v) is 5.62. The summed E-state index contributed by atoms with van der Waals surface area (Å²) in [4.78, 5) is 29.9. The lowest BCUT2D eigenvalue weighted by atomic mass is 10.1. The predicted octanol–water partition coefficient (Wildman–Crippen LogP) is 4.22. The number of carbonyl (C=O) groups is 1. The number of para-hydroxylation sites is 1. The molecule has 3 aromatic heterocycles. The van der Waals surface area contributed by atoms with Crippen molar-refractivity contribution in [1.29, 1.82) is 0 Å². The summed E-state index contributed by atoms with van der Waals surface area (Å²) < 4.78 is 12.4. The maximum Gasteiger partial charge on any atom is 0.250 e. The Morgan fingerprint density at radius 2 is 2.09 bits per heavy atom. The summed E-state index contributed by atoms with van der Waals surface area (Å²) in [5, 5.41) is 9.41. The number of amides is 1. The highest BCUT2D eigenvalue weighted by Gasteiger charge is 2.13. The van der Waals surface area contributed by atoms with E-state index in [1.807, 2.05) is 29.6 Å². The van der Waals surface area contributed by atoms with Gasteiger partial charge in [0.25, 0.3) is 11.9 Å². The number of methoxy groups -OCH3 is 1. The number of ether oxygens (including phenoxy) is 1. The molecule has 9 heteroatoms. The first-order valence-corrected chi connectivity index (χ1v) is 10.5. The Kier molecular flexibility index (Phi) is 5.00. The maximum absolute atomic E-state index is 12.5. The maximum atomic E-state index is 12.5. The van der Waals surface area contributed by atoms with Gasteiger partial charge in [-0.1, -0.05) is 24.3 Å². The van der Waals surface area contributed by atoms with Crippen LogP contribution in [0.4, 0.5) is 5.95 Å². The smallest absolute Gasteiger partial charge is 0.250 e. The van der Waals surface area contributed by atoms with E-state index in [0.29, 0.717) is 15.9 Å². The Bertz CT molecular complexity index is 1550. The van der Waals surface area contributed by atoms with Gasteiger partial charge in [-0.2, -0.15) is 4.98 Å². The highest BCUT2D eigenvalue weighted by molar-refractivity contribution is 7.15. The number of nitrogens with one attached hydrogen (secondary N) is 1. The van der Waals surface area contributed by atoms with E-state index in [1.54, 1.807) is 35.9 Å². The van der Waals surface area contributed by atoms with Gasteiger partial charge in [0.1, 0.15) is 17.6 Å². The third-order valence-electron chi connectivity index (χ3n) is 4.80. The molecule has 2 aromatic carbocycles. The van der Waals surface area contributed by atoms with Gasteiger partial charge in [-0.05, 0) is 30.3 Å². The summed E-state index contributed by atoms with van der Waals surface area (Å²) in [6.45, 7) is 0. The monoisotopic (exact) mass is 444 g/mol. The minimum Gasteiger partial charge on any atom is -0.497 e. The molecule has 0 aliphatic heterocycles. The predicted molar refractivity (Wildman–Crippen MR) is 123 cm³/mol. The molecular weight excluding hydrogens is 428 g/mol. The number of rotatable bonds is 5. The van der Waals surface area contributed by atoms with Crippen LogP contribution in [0.15, 0.2) is 75.5 Å². The Balaban J connectivity index is 1.37. The average Bonchev–Trinajstić information content (AvgIpc) is 3.39. The molecule has 0 atom stereocenters. The molecule has 1 N–H and O–H groups in total. The van der Waals surface area contributed by atoms with Crippen LogP contribution in [0.1, 0.15) is 5.56 Å². The number of thiazole rings is 1. The first-order chi connectivity index (χ1) is 15.6. The number of nitrogens with zero attached hydrogens (tertiary/aromatic N) is 3. The Morgan fingerprint density at radius 1 is 1.22 bits per heavy atom. The molecule has 0 saturated carbocycles. The lowest BCUT2D eigenvalue weighted by molar-refractivity contribution is -0.111. The molecule has 0 aliphatic rings. The SMILES string of the molecule is COc1cccc(-c2csc3nc(NC(=O)/C=C/c4coc5ccccc5c4=O)nn23)c1. The lowest BCUT2D eigenvalue weighted by Gasteiger charge is -2.02. The zero-order valence-electron chi connectivity index (χ0n) is 16.8. The van der Waals surface area contributed by atoms with E-state index >= 15 is 0 Å². The van der Waals surface area contributed by atoms with Gasteiger partial charge in [0, 0.05) is 17.0 Å². The second-order valence-corrected chi connectivity index (χ2v) is 7.66. The van der Waals surface area contributed by atoms with Crippen LogP contribution in [-0.2, 0) is 4.79 Å². The van der Waals surface area contributed by atoms with Crippen molar-refractivity contribution in [3.63, 3.8) is 0 Å². The molecule has 0 bridgehead atoms. The first-order valence-electron chi connectivity index (χ1n) is 9.61. The minimum atomic E-state index is -0.459. The van der Waals surface area contributed by atoms with Crippen molar-refractivity contribution in [1.82, 2.24) is 14.6 Å². The van der Waals surface area contributed by atoms with Crippen molar-refractivity contribution in [2.75, 3.05) is 12.4 Å². The zero-order chi connectivity index (χ0) is 22.1. The van der Waals surface area contributed by atoms with Crippen LogP contribution < -0.4 is 15.5 Å². The highest BCUT2D eigenvalue weighted by Crippen LogP contribution is 2.28. The van der Waals surface area contributed by atoms with E-state index in [-0.39, 0.29) is 16.9 Å². The van der Waals surface area contributed by atoms with Gasteiger partial charge in [0.2, 0.25) is 4.96 Å². The second kappa shape index (κ2) is 8.12. The summed E-state index contributed by atoms with van der Waals surface area (Å²) in [7, 11) is 1.61. The molecule has 1 amide bonds. The zero-order valence-corrected chi connectivity index (χ0v) is 17.6. The average molecular weight is 444 g/mol. The molecular formula is C23H16N4O4S. The summed E-state index contributed by atoms with van der Waals surface area (Å²) in [6, 6.07) is 14.5. The van der Waals surface area contributed by atoms with Gasteiger partial charge in [-0.25, -0.2) is 4.52 Å². The van der Waals surface area contributed by atoms with Gasteiger partial charge in [-0.15, -0.1) is 16.4 Å². The molecule has 0 spiro atoms. The van der Waals surface area contributed by atoms with Crippen LogP contribution in [0.5, 0.6) is 5.75 Å². The standard InChI is InChI=1S/C23H16N4O4S/c1-30-16-6-4-5-14(11-16)18-13-32-23-25-22(26-27(18)23)24-20(28)10-9-15-12-31-19-8-3-2-7-17(19)21(15)29/h2-13H,1H3,(H,24,26,28)/b10-9+. The topological polar surface area (TPSA) is 98.7 Å². The van der Waals surface area contributed by atoms with Crippen molar-refractivity contribution in [3.05, 3.63) is 82.0 Å². The number of benzene rings is 2. The molecule has 158 valence electrons. The Labute approximate surface area is 185 Å². The first kappa shape index (κ1) is 19.7. The number of anilines is 1. The van der Waals surface area contributed by atoms with Crippen LogP contribution in [0.2, 0.25) is 0 Å². The van der Waals surface area contributed by atoms with Gasteiger partial charge < -0.3 is 9.15 Å². The van der Waals surface area contributed by atoms with Crippen LogP contribution in [0.3, 0.4) is 0 Å². The minimum absolute atomic E-state index is 0.168. The lowest BCUT2D eigenvalue weighted by Crippen LogP contribution is -2.10. The van der Waals surface area contributed by atoms with E-state index in [9.17, 15) is 9.59 Å². The molecule has 0 aliphatic carbocycles. The fourth-order valence-electron chi connectivity index (χ4n) is 3.24. The van der Waals surface area contributed by atoms with Gasteiger partial charge >= 0.3 is 0 Å². The molecule has 5 rings (SSSR count). The molecule has 5 aromatic rings. The van der Waals surface area contributed by atoms with Crippen molar-refractivity contribution in [2.45, 2.75) is 0 Å².